The summed E-state index contributed by atoms with van der Waals surface area (Å²) < 4.78 is 10.8. The lowest BCUT2D eigenvalue weighted by Gasteiger charge is -2.10. The fraction of sp³-hybridized carbons (Fsp3) is 0.148. The number of rotatable bonds is 8. The van der Waals surface area contributed by atoms with Gasteiger partial charge in [0.15, 0.2) is 12.0 Å². The third-order valence-corrected chi connectivity index (χ3v) is 5.16. The van der Waals surface area contributed by atoms with Gasteiger partial charge in [-0.05, 0) is 54.4 Å². The maximum atomic E-state index is 12.5. The number of amides is 2. The Balaban J connectivity index is 1.34. The summed E-state index contributed by atoms with van der Waals surface area (Å²) in [5.74, 6) is -0.189. The number of hydrogen-bond acceptors (Lipinski definition) is 5. The fourth-order valence-electron chi connectivity index (χ4n) is 3.49. The zero-order valence-electron chi connectivity index (χ0n) is 18.7. The molecule has 0 radical (unpaired) electrons. The molecule has 0 unspecified atom stereocenters. The molecule has 34 heavy (non-hydrogen) atoms. The lowest BCUT2D eigenvalue weighted by molar-refractivity contribution is -0.118. The third-order valence-electron chi connectivity index (χ3n) is 5.16. The Labute approximate surface area is 196 Å². The van der Waals surface area contributed by atoms with E-state index in [1.54, 1.807) is 54.6 Å². The van der Waals surface area contributed by atoms with Crippen LogP contribution in [0.1, 0.15) is 29.3 Å². The monoisotopic (exact) mass is 456 g/mol. The minimum absolute atomic E-state index is 0.147. The first-order valence-electron chi connectivity index (χ1n) is 11.0. The summed E-state index contributed by atoms with van der Waals surface area (Å²) in [4.78, 5) is 36.7. The summed E-state index contributed by atoms with van der Waals surface area (Å²) in [5, 5.41) is 6.03. The largest absolute Gasteiger partial charge is 0.484 e. The van der Waals surface area contributed by atoms with E-state index in [2.05, 4.69) is 17.6 Å². The van der Waals surface area contributed by atoms with E-state index >= 15 is 0 Å². The number of carbonyl (C=O) groups is 2. The molecule has 1 heterocycles. The summed E-state index contributed by atoms with van der Waals surface area (Å²) in [6, 6.07) is 20.5. The Morgan fingerprint density at radius 3 is 2.44 bits per heavy atom. The first kappa shape index (κ1) is 22.8. The van der Waals surface area contributed by atoms with Crippen molar-refractivity contribution in [2.24, 2.45) is 0 Å². The minimum Gasteiger partial charge on any atom is -0.484 e. The van der Waals surface area contributed by atoms with Gasteiger partial charge in [0.1, 0.15) is 11.3 Å². The number of fused-ring (bicyclic) bond motifs is 1. The highest BCUT2D eigenvalue weighted by Crippen LogP contribution is 2.19. The molecular formula is C27H24N2O5. The average Bonchev–Trinajstić information content (AvgIpc) is 2.84. The van der Waals surface area contributed by atoms with E-state index in [4.69, 9.17) is 9.15 Å². The molecule has 7 nitrogen and oxygen atoms in total. The second kappa shape index (κ2) is 10.5. The van der Waals surface area contributed by atoms with Gasteiger partial charge in [0.2, 0.25) is 0 Å². The van der Waals surface area contributed by atoms with Crippen molar-refractivity contribution in [3.63, 3.8) is 0 Å². The molecule has 0 saturated heterocycles. The van der Waals surface area contributed by atoms with Crippen molar-refractivity contribution < 1.29 is 18.7 Å². The molecule has 1 aromatic heterocycles. The van der Waals surface area contributed by atoms with Crippen LogP contribution in [0, 0.1) is 0 Å². The number of carbonyl (C=O) groups excluding carboxylic acids is 2. The lowest BCUT2D eigenvalue weighted by atomic mass is 10.1. The molecule has 2 N–H and O–H groups in total. The van der Waals surface area contributed by atoms with E-state index in [-0.39, 0.29) is 23.9 Å². The van der Waals surface area contributed by atoms with Gasteiger partial charge in [-0.3, -0.25) is 14.4 Å². The molecule has 2 amide bonds. The number of ether oxygens (including phenoxy) is 1. The van der Waals surface area contributed by atoms with Gasteiger partial charge in [0.25, 0.3) is 11.8 Å². The first-order valence-corrected chi connectivity index (χ1v) is 11.0. The van der Waals surface area contributed by atoms with Crippen LogP contribution in [0.2, 0.25) is 0 Å². The van der Waals surface area contributed by atoms with Crippen LogP contribution in [0.5, 0.6) is 5.75 Å². The summed E-state index contributed by atoms with van der Waals surface area (Å²) >= 11 is 0. The smallest absolute Gasteiger partial charge is 0.262 e. The minimum atomic E-state index is -0.371. The van der Waals surface area contributed by atoms with E-state index in [1.165, 1.54) is 17.9 Å². The van der Waals surface area contributed by atoms with Crippen molar-refractivity contribution >= 4 is 34.2 Å². The standard InChI is InChI=1S/C27H24N2O5/c1-2-4-18-7-9-19(10-8-18)27(32)29-21-6-3-5-20(15-21)28-26(31)17-34-22-11-12-23-24(30)13-14-33-25(23)16-22/h3,5-16H,2,4,17H2,1H3,(H,28,31)(H,29,32). The quantitative estimate of drug-likeness (QED) is 0.388. The molecule has 0 spiro atoms. The second-order valence-electron chi connectivity index (χ2n) is 7.76. The topological polar surface area (TPSA) is 97.6 Å². The summed E-state index contributed by atoms with van der Waals surface area (Å²) in [5.41, 5.74) is 3.08. The zero-order chi connectivity index (χ0) is 23.9. The van der Waals surface area contributed by atoms with Crippen LogP contribution in [-0.2, 0) is 11.2 Å². The van der Waals surface area contributed by atoms with Crippen LogP contribution in [0.15, 0.2) is 88.3 Å². The molecule has 0 bridgehead atoms. The van der Waals surface area contributed by atoms with E-state index in [9.17, 15) is 14.4 Å². The molecule has 4 rings (SSSR count). The molecular weight excluding hydrogens is 432 g/mol. The number of anilines is 2. The zero-order valence-corrected chi connectivity index (χ0v) is 18.7. The third kappa shape index (κ3) is 5.69. The Morgan fingerprint density at radius 1 is 0.912 bits per heavy atom. The van der Waals surface area contributed by atoms with Crippen LogP contribution in [0.25, 0.3) is 11.0 Å². The van der Waals surface area contributed by atoms with E-state index in [0.717, 1.165) is 12.8 Å². The SMILES string of the molecule is CCCc1ccc(C(=O)Nc2cccc(NC(=O)COc3ccc4c(=O)ccoc4c3)c2)cc1. The van der Waals surface area contributed by atoms with Gasteiger partial charge in [-0.1, -0.05) is 31.5 Å². The van der Waals surface area contributed by atoms with Gasteiger partial charge >= 0.3 is 0 Å². The fourth-order valence-corrected chi connectivity index (χ4v) is 3.49. The molecule has 0 aliphatic carbocycles. The van der Waals surface area contributed by atoms with Gasteiger partial charge in [-0.2, -0.15) is 0 Å². The Bertz CT molecular complexity index is 1380. The van der Waals surface area contributed by atoms with Gasteiger partial charge in [0.05, 0.1) is 11.6 Å². The molecule has 0 aliphatic heterocycles. The number of benzene rings is 3. The van der Waals surface area contributed by atoms with Crippen molar-refractivity contribution in [1.29, 1.82) is 0 Å². The maximum Gasteiger partial charge on any atom is 0.262 e. The summed E-state index contributed by atoms with van der Waals surface area (Å²) in [6.07, 6.45) is 3.34. The summed E-state index contributed by atoms with van der Waals surface area (Å²) in [7, 11) is 0. The van der Waals surface area contributed by atoms with E-state index in [1.807, 2.05) is 12.1 Å². The van der Waals surface area contributed by atoms with Crippen LogP contribution in [0.3, 0.4) is 0 Å². The predicted molar refractivity (Wildman–Crippen MR) is 131 cm³/mol. The lowest BCUT2D eigenvalue weighted by Crippen LogP contribution is -2.20. The Kier molecular flexibility index (Phi) is 7.03. The van der Waals surface area contributed by atoms with Crippen LogP contribution < -0.4 is 20.8 Å². The van der Waals surface area contributed by atoms with Gasteiger partial charge in [0, 0.05) is 29.1 Å². The Morgan fingerprint density at radius 2 is 1.68 bits per heavy atom. The van der Waals surface area contributed by atoms with Crippen molar-refractivity contribution in [2.75, 3.05) is 17.2 Å². The van der Waals surface area contributed by atoms with E-state index in [0.29, 0.717) is 33.7 Å². The highest BCUT2D eigenvalue weighted by Gasteiger charge is 2.09. The van der Waals surface area contributed by atoms with Gasteiger partial charge in [-0.25, -0.2) is 0 Å². The van der Waals surface area contributed by atoms with Crippen LogP contribution in [0.4, 0.5) is 11.4 Å². The molecule has 172 valence electrons. The van der Waals surface area contributed by atoms with Crippen molar-refractivity contribution in [3.8, 4) is 5.75 Å². The molecule has 0 aliphatic rings. The number of nitrogens with one attached hydrogen (secondary N) is 2. The molecule has 0 saturated carbocycles. The molecule has 3 aromatic carbocycles. The van der Waals surface area contributed by atoms with Gasteiger partial charge < -0.3 is 19.8 Å². The van der Waals surface area contributed by atoms with Crippen molar-refractivity contribution in [3.05, 3.63) is 100 Å². The summed E-state index contributed by atoms with van der Waals surface area (Å²) in [6.45, 7) is 1.88. The van der Waals surface area contributed by atoms with Gasteiger partial charge in [-0.15, -0.1) is 0 Å². The number of hydrogen-bond donors (Lipinski definition) is 2. The highest BCUT2D eigenvalue weighted by atomic mass is 16.5. The molecule has 0 fully saturated rings. The van der Waals surface area contributed by atoms with Crippen molar-refractivity contribution in [1.82, 2.24) is 0 Å². The van der Waals surface area contributed by atoms with Crippen LogP contribution >= 0.6 is 0 Å². The molecule has 7 heteroatoms. The van der Waals surface area contributed by atoms with E-state index < -0.39 is 0 Å². The average molecular weight is 456 g/mol. The second-order valence-corrected chi connectivity index (χ2v) is 7.76. The molecule has 4 aromatic rings. The van der Waals surface area contributed by atoms with Crippen molar-refractivity contribution in [2.45, 2.75) is 19.8 Å². The Hall–Kier alpha value is -4.39. The van der Waals surface area contributed by atoms with Crippen LogP contribution in [-0.4, -0.2) is 18.4 Å². The normalized spacial score (nSPS) is 10.6. The predicted octanol–water partition coefficient (Wildman–Crippen LogP) is 5.02. The first-order chi connectivity index (χ1) is 16.5. The number of aryl methyl sites for hydroxylation is 1. The maximum absolute atomic E-state index is 12.5. The highest BCUT2D eigenvalue weighted by molar-refractivity contribution is 6.04. The molecule has 0 atom stereocenters.